The molecule has 0 aliphatic heterocycles. The van der Waals surface area contributed by atoms with E-state index in [1.165, 1.54) is 136 Å². The molecule has 0 spiro atoms. The van der Waals surface area contributed by atoms with Gasteiger partial charge >= 0.3 is 105 Å². The number of nitrogens with zero attached hydrogens (tertiary/aromatic N) is 12. The van der Waals surface area contributed by atoms with Crippen LogP contribution in [0, 0.1) is 0 Å². The van der Waals surface area contributed by atoms with E-state index >= 15 is 0 Å². The summed E-state index contributed by atoms with van der Waals surface area (Å²) in [5, 5.41) is 125. The number of hydrogen-bond acceptors (Lipinski definition) is 24. The maximum absolute atomic E-state index is 10.4. The number of carbonyl (C=O) groups excluding carboxylic acids is 12. The number of hydrogen-bond donors (Lipinski definition) is 0. The van der Waals surface area contributed by atoms with Gasteiger partial charge < -0.3 is 178 Å². The van der Waals surface area contributed by atoms with Gasteiger partial charge in [0.1, 0.15) is 73.1 Å². The second-order valence-electron chi connectivity index (χ2n) is 39.7. The van der Waals surface area contributed by atoms with E-state index in [2.05, 4.69) is 55.4 Å². The minimum absolute atomic E-state index is 0. The Morgan fingerprint density at radius 2 is 0.153 bits per heavy atom. The van der Waals surface area contributed by atoms with Crippen LogP contribution in [0.3, 0.4) is 0 Å². The van der Waals surface area contributed by atoms with E-state index in [4.69, 9.17) is 0 Å². The van der Waals surface area contributed by atoms with Crippen molar-refractivity contribution in [1.82, 2.24) is 58.8 Å². The number of rotatable bonds is 32. The quantitative estimate of drug-likeness (QED) is 0.0564. The molecule has 0 aromatic rings. The predicted octanol–water partition coefficient (Wildman–Crippen LogP) is 12.6. The molecule has 0 aliphatic rings. The Hall–Kier alpha value is -5.23. The first-order valence-electron chi connectivity index (χ1n) is 51.1. The summed E-state index contributed by atoms with van der Waals surface area (Å²) in [6.45, 7) is 105. The summed E-state index contributed by atoms with van der Waals surface area (Å²) in [4.78, 5) is 140. The van der Waals surface area contributed by atoms with Crippen molar-refractivity contribution in [2.75, 3.05) is 0 Å². The monoisotopic (exact) mass is 2850 g/mol. The third-order valence-electron chi connectivity index (χ3n) is 18.7. The molecular weight excluding hydrogens is 2640 g/mol. The third kappa shape index (κ3) is 117. The van der Waals surface area contributed by atoms with E-state index in [0.717, 1.165) is 0 Å². The SMILES string of the molecule is CC(C)N(C(=O)[O-])C(C)C.CC(C)N(C(=O)[O-])C(C)C.CC(C)N(C(=O)[O-])C(C)C.CC(C)N(C(=O)[O-])C(C)C.CC(C)N(C(=O)[O-])C(C)C.CC(C)N(C(=O)[O-])C(C)C.CC(C)N(C(=O)[O-])C(C)C.CC(C)N(C(=O)[O-])C(C)C.CC(C)N(C(=O)[O-])C(C)C.CC(C)N(C(=O)[O-])C(C)C.CC(C)N(C(=O)[O-])C(C)C.CC(C)N(C(=O)[O-])C(C)C.CCCCC.CCCCC.CCCCC.CCCCC.[Bi+3].[Bi+3].[Bi+3].[Bi+3]. The fourth-order valence-corrected chi connectivity index (χ4v) is 13.6. The molecule has 8 radical (unpaired) electrons. The fraction of sp³-hybridized carbons (Fsp3) is 0.885. The number of carboxylic acid groups (broad SMARTS) is 12. The van der Waals surface area contributed by atoms with Gasteiger partial charge in [0.2, 0.25) is 0 Å². The van der Waals surface area contributed by atoms with Gasteiger partial charge in [0.15, 0.2) is 0 Å². The van der Waals surface area contributed by atoms with Gasteiger partial charge in [0.05, 0.1) is 0 Å². The third-order valence-corrected chi connectivity index (χ3v) is 18.7. The van der Waals surface area contributed by atoms with E-state index in [1.807, 2.05) is 332 Å². The van der Waals surface area contributed by atoms with E-state index < -0.39 is 73.1 Å². The molecule has 144 heavy (non-hydrogen) atoms. The number of carbonyl (C=O) groups is 12. The minimum atomic E-state index is -1.09. The summed E-state index contributed by atoms with van der Waals surface area (Å²) in [5.74, 6) is 0. The largest absolute Gasteiger partial charge is 3.00 e. The summed E-state index contributed by atoms with van der Waals surface area (Å²) >= 11 is 0. The van der Waals surface area contributed by atoms with E-state index in [1.54, 1.807) is 0 Å². The molecule has 0 bridgehead atoms. The normalized spacial score (nSPS) is 10.0. The van der Waals surface area contributed by atoms with Crippen molar-refractivity contribution in [2.45, 2.75) is 610 Å². The average molecular weight is 2850 g/mol. The van der Waals surface area contributed by atoms with E-state index in [0.29, 0.717) is 0 Å². The Bertz CT molecular complexity index is 2220. The Kier molecular flexibility index (Phi) is 147. The van der Waals surface area contributed by atoms with E-state index in [9.17, 15) is 119 Å². The zero-order chi connectivity index (χ0) is 116. The Morgan fingerprint density at radius 1 is 0.118 bits per heavy atom. The van der Waals surface area contributed by atoms with Crippen molar-refractivity contribution in [1.29, 1.82) is 0 Å². The minimum Gasteiger partial charge on any atom is -0.530 e. The first-order chi connectivity index (χ1) is 63.2. The summed E-state index contributed by atoms with van der Waals surface area (Å²) in [7, 11) is 0. The first-order valence-corrected chi connectivity index (χ1v) is 51.1. The molecule has 0 saturated carbocycles. The van der Waals surface area contributed by atoms with Crippen LogP contribution >= 0.6 is 0 Å². The second-order valence-corrected chi connectivity index (χ2v) is 39.7. The van der Waals surface area contributed by atoms with Crippen molar-refractivity contribution in [3.05, 3.63) is 0 Å². The molecule has 0 aromatic carbocycles. The Balaban J connectivity index is -0.0000000635. The zero-order valence-corrected chi connectivity index (χ0v) is 115. The smallest absolute Gasteiger partial charge is 0.530 e. The van der Waals surface area contributed by atoms with Gasteiger partial charge in [-0.05, 0) is 332 Å². The molecule has 12 amide bonds. The van der Waals surface area contributed by atoms with Crippen LogP contribution in [0.15, 0.2) is 0 Å². The zero-order valence-electron chi connectivity index (χ0n) is 101. The van der Waals surface area contributed by atoms with Gasteiger partial charge in [-0.3, -0.25) is 0 Å². The summed E-state index contributed by atoms with van der Waals surface area (Å²) in [6, 6.07) is 0.111. The van der Waals surface area contributed by atoms with Gasteiger partial charge in [0.25, 0.3) is 0 Å². The molecule has 0 unspecified atom stereocenters. The molecule has 0 fully saturated rings. The van der Waals surface area contributed by atoms with Crippen LogP contribution in [0.5, 0.6) is 0 Å². The van der Waals surface area contributed by atoms with Crippen LogP contribution in [0.2, 0.25) is 0 Å². The van der Waals surface area contributed by atoms with Gasteiger partial charge in [0, 0.05) is 145 Å². The maximum Gasteiger partial charge on any atom is 3.00 e. The molecule has 0 aromatic heterocycles. The molecule has 0 rings (SSSR count). The van der Waals surface area contributed by atoms with Crippen molar-refractivity contribution < 1.29 is 119 Å². The van der Waals surface area contributed by atoms with Crippen molar-refractivity contribution in [2.24, 2.45) is 0 Å². The Morgan fingerprint density at radius 3 is 0.153 bits per heavy atom. The summed E-state index contributed by atoms with van der Waals surface area (Å²) < 4.78 is 0. The second kappa shape index (κ2) is 113. The molecule has 0 heterocycles. The van der Waals surface area contributed by atoms with E-state index in [-0.39, 0.29) is 250 Å². The topological polar surface area (TPSA) is 520 Å². The van der Waals surface area contributed by atoms with Crippen molar-refractivity contribution >= 4 is 178 Å². The Labute approximate surface area is 957 Å². The van der Waals surface area contributed by atoms with Crippen LogP contribution in [-0.2, 0) is 0 Å². The molecule has 0 saturated heterocycles. The number of amides is 12. The number of unbranched alkanes of at least 4 members (excludes halogenated alkanes) is 8. The summed E-state index contributed by atoms with van der Waals surface area (Å²) in [6.07, 6.45) is 3.19. The van der Waals surface area contributed by atoms with Gasteiger partial charge in [-0.25, -0.2) is 0 Å². The molecule has 40 heteroatoms. The average Bonchev–Trinajstić information content (AvgIpc) is 1.01. The molecular formula is C104H216Bi4N12O24. The standard InChI is InChI=1S/12C7H15NO2.4C5H12.4Bi/c12*1-5(2)8(6(3)4)7(9)10;4*1-3-5-4-2;;;;/h12*5-6H,1-4H3,(H,9,10);4*3-5H2,1-2H3;;;;/q;;;;;;;;;;;;;;;;4*+3/p-12. The van der Waals surface area contributed by atoms with Crippen molar-refractivity contribution in [3.63, 3.8) is 0 Å². The van der Waals surface area contributed by atoms with Crippen LogP contribution in [-0.4, -0.2) is 382 Å². The maximum atomic E-state index is 10.4. The predicted molar refractivity (Wildman–Crippen MR) is 574 cm³/mol. The summed E-state index contributed by atoms with van der Waals surface area (Å²) in [5.41, 5.74) is 0. The van der Waals surface area contributed by atoms with Gasteiger partial charge in [-0.2, -0.15) is 0 Å². The molecule has 36 nitrogen and oxygen atoms in total. The molecule has 0 aliphatic carbocycles. The molecule has 856 valence electrons. The first kappa shape index (κ1) is 187. The van der Waals surface area contributed by atoms with Crippen LogP contribution in [0.25, 0.3) is 0 Å². The fourth-order valence-electron chi connectivity index (χ4n) is 13.6. The van der Waals surface area contributed by atoms with Gasteiger partial charge in [-0.1, -0.05) is 132 Å². The molecule has 0 N–H and O–H groups in total. The van der Waals surface area contributed by atoms with Crippen molar-refractivity contribution in [3.8, 4) is 0 Å². The van der Waals surface area contributed by atoms with Crippen LogP contribution in [0.1, 0.15) is 465 Å². The van der Waals surface area contributed by atoms with Gasteiger partial charge in [-0.15, -0.1) is 0 Å². The van der Waals surface area contributed by atoms with Crippen LogP contribution < -0.4 is 61.3 Å². The van der Waals surface area contributed by atoms with Crippen LogP contribution in [0.4, 0.5) is 57.5 Å². The molecule has 0 atom stereocenters.